The lowest BCUT2D eigenvalue weighted by atomic mass is 9.64. The molecular weight excluding hydrogens is 509 g/mol. The molecule has 2 aromatic carbocycles. The lowest BCUT2D eigenvalue weighted by Gasteiger charge is -2.42. The van der Waals surface area contributed by atoms with Crippen LogP contribution in [0.3, 0.4) is 0 Å². The Labute approximate surface area is 223 Å². The third-order valence-electron chi connectivity index (χ3n) is 8.16. The van der Waals surface area contributed by atoms with Gasteiger partial charge >= 0.3 is 13.1 Å². The van der Waals surface area contributed by atoms with Gasteiger partial charge in [-0.1, -0.05) is 18.2 Å². The van der Waals surface area contributed by atoms with Crippen molar-refractivity contribution in [1.29, 1.82) is 0 Å². The number of carboxylic acid groups (broad SMARTS) is 1. The van der Waals surface area contributed by atoms with Crippen LogP contribution >= 0.6 is 0 Å². The number of nitrogens with zero attached hydrogens (tertiary/aromatic N) is 1. The molecule has 2 fully saturated rings. The molecule has 9 nitrogen and oxygen atoms in total. The van der Waals surface area contributed by atoms with E-state index >= 15 is 0 Å². The quantitative estimate of drug-likeness (QED) is 0.555. The number of ether oxygens (including phenoxy) is 1. The molecule has 38 heavy (non-hydrogen) atoms. The number of aryl methyl sites for hydroxylation is 1. The van der Waals surface area contributed by atoms with Gasteiger partial charge in [-0.2, -0.15) is 0 Å². The topological polar surface area (TPSA) is 119 Å². The zero-order valence-corrected chi connectivity index (χ0v) is 23.0. The van der Waals surface area contributed by atoms with E-state index in [1.165, 1.54) is 10.4 Å². The highest BCUT2D eigenvalue weighted by Crippen LogP contribution is 2.46. The van der Waals surface area contributed by atoms with Gasteiger partial charge < -0.3 is 19.2 Å². The number of aliphatic carboxylic acids is 1. The van der Waals surface area contributed by atoms with Gasteiger partial charge in [-0.15, -0.1) is 0 Å². The number of carbonyl (C=O) groups is 2. The fourth-order valence-corrected chi connectivity index (χ4v) is 6.82. The molecule has 0 spiro atoms. The van der Waals surface area contributed by atoms with E-state index in [2.05, 4.69) is 0 Å². The number of hydrogen-bond acceptors (Lipinski definition) is 7. The second-order valence-corrected chi connectivity index (χ2v) is 13.5. The fourth-order valence-electron chi connectivity index (χ4n) is 5.21. The smallest absolute Gasteiger partial charge is 0.486 e. The van der Waals surface area contributed by atoms with Gasteiger partial charge in [-0.05, 0) is 69.9 Å². The number of carboxylic acids is 1. The van der Waals surface area contributed by atoms with Crippen molar-refractivity contribution in [2.24, 2.45) is 5.41 Å². The van der Waals surface area contributed by atoms with Crippen molar-refractivity contribution in [2.75, 3.05) is 10.8 Å². The Morgan fingerprint density at radius 2 is 1.74 bits per heavy atom. The molecule has 0 unspecified atom stereocenters. The first-order valence-corrected chi connectivity index (χ1v) is 14.1. The van der Waals surface area contributed by atoms with Crippen LogP contribution in [0.2, 0.25) is 0 Å². The van der Waals surface area contributed by atoms with Crippen LogP contribution in [0.25, 0.3) is 0 Å². The van der Waals surface area contributed by atoms with Crippen LogP contribution < -0.4 is 14.5 Å². The Morgan fingerprint density at radius 3 is 2.32 bits per heavy atom. The summed E-state index contributed by atoms with van der Waals surface area (Å²) in [6.45, 7) is 9.48. The molecule has 0 amide bonds. The molecule has 0 radical (unpaired) electrons. The number of carbonyl (C=O) groups excluding carboxylic acids is 1. The Hall–Kier alpha value is -2.89. The van der Waals surface area contributed by atoms with Gasteiger partial charge in [0, 0.05) is 19.3 Å². The summed E-state index contributed by atoms with van der Waals surface area (Å²) in [5.41, 5.74) is -0.646. The average molecular weight is 541 g/mol. The zero-order chi connectivity index (χ0) is 27.7. The molecule has 202 valence electrons. The number of fused-ring (bicyclic) bond motifs is 1. The number of hydrogen-bond donors (Lipinski definition) is 1. The van der Waals surface area contributed by atoms with Crippen LogP contribution in [0, 0.1) is 12.3 Å². The maximum Gasteiger partial charge on any atom is 0.494 e. The molecule has 1 N–H and O–H groups in total. The van der Waals surface area contributed by atoms with Gasteiger partial charge in [-0.3, -0.25) is 13.9 Å². The summed E-state index contributed by atoms with van der Waals surface area (Å²) in [4.78, 5) is 23.9. The van der Waals surface area contributed by atoms with Crippen LogP contribution in [0.1, 0.15) is 52.5 Å². The van der Waals surface area contributed by atoms with Gasteiger partial charge in [0.2, 0.25) is 0 Å². The summed E-state index contributed by atoms with van der Waals surface area (Å²) in [5, 5.41) is 9.84. The highest BCUT2D eigenvalue weighted by Gasteiger charge is 2.54. The highest BCUT2D eigenvalue weighted by molar-refractivity contribution is 7.92. The molecular formula is C27H32BNO8S. The normalized spacial score (nSPS) is 23.4. The third kappa shape index (κ3) is 4.40. The number of sulfonamides is 1. The molecule has 2 heterocycles. The lowest BCUT2D eigenvalue weighted by Crippen LogP contribution is -2.51. The predicted molar refractivity (Wildman–Crippen MR) is 141 cm³/mol. The molecule has 3 aliphatic rings. The van der Waals surface area contributed by atoms with Crippen molar-refractivity contribution in [3.05, 3.63) is 48.0 Å². The number of Topliss-reactive ketones (excluding diaryl/α,β-unsaturated/α-hetero) is 1. The summed E-state index contributed by atoms with van der Waals surface area (Å²) in [6, 6.07) is 11.8. The molecule has 11 heteroatoms. The number of benzene rings is 2. The van der Waals surface area contributed by atoms with Gasteiger partial charge in [-0.25, -0.2) is 8.42 Å². The van der Waals surface area contributed by atoms with Gasteiger partial charge in [0.15, 0.2) is 0 Å². The largest absolute Gasteiger partial charge is 0.494 e. The van der Waals surface area contributed by atoms with E-state index in [1.807, 2.05) is 40.7 Å². The number of ketones is 1. The van der Waals surface area contributed by atoms with Crippen molar-refractivity contribution >= 4 is 40.0 Å². The molecule has 0 bridgehead atoms. The van der Waals surface area contributed by atoms with Crippen LogP contribution in [-0.4, -0.2) is 56.2 Å². The van der Waals surface area contributed by atoms with Crippen molar-refractivity contribution in [1.82, 2.24) is 0 Å². The average Bonchev–Trinajstić information content (AvgIpc) is 3.03. The second-order valence-electron chi connectivity index (χ2n) is 11.6. The van der Waals surface area contributed by atoms with Gasteiger partial charge in [0.25, 0.3) is 10.0 Å². The molecule has 1 saturated heterocycles. The molecule has 1 atom stereocenters. The summed E-state index contributed by atoms with van der Waals surface area (Å²) >= 11 is 0. The second kappa shape index (κ2) is 8.82. The molecule has 1 aliphatic carbocycles. The van der Waals surface area contributed by atoms with E-state index in [4.69, 9.17) is 14.0 Å². The first-order chi connectivity index (χ1) is 17.6. The molecule has 1 saturated carbocycles. The third-order valence-corrected chi connectivity index (χ3v) is 9.94. The minimum atomic E-state index is -4.03. The van der Waals surface area contributed by atoms with E-state index < -0.39 is 45.8 Å². The summed E-state index contributed by atoms with van der Waals surface area (Å²) in [5.74, 6) is -0.889. The maximum absolute atomic E-state index is 14.0. The SMILES string of the molecule is Cc1cccc(S(=O)(=O)N2C[C@H](CC3(C(=O)O)CC(=O)C3)Oc3ccc(B4OC(C)(C)C(C)(C)O4)cc32)c1. The number of rotatable bonds is 6. The van der Waals surface area contributed by atoms with E-state index in [1.54, 1.807) is 30.3 Å². The maximum atomic E-state index is 14.0. The molecule has 2 aliphatic heterocycles. The predicted octanol–water partition coefficient (Wildman–Crippen LogP) is 3.07. The first kappa shape index (κ1) is 26.7. The van der Waals surface area contributed by atoms with Crippen molar-refractivity contribution in [2.45, 2.75) is 76.1 Å². The minimum Gasteiger partial charge on any atom is -0.486 e. The van der Waals surface area contributed by atoms with Crippen molar-refractivity contribution in [3.63, 3.8) is 0 Å². The van der Waals surface area contributed by atoms with Crippen LogP contribution in [0.4, 0.5) is 5.69 Å². The molecule has 0 aromatic heterocycles. The van der Waals surface area contributed by atoms with Crippen LogP contribution in [0.5, 0.6) is 5.75 Å². The van der Waals surface area contributed by atoms with Crippen LogP contribution in [-0.2, 0) is 28.9 Å². The Morgan fingerprint density at radius 1 is 1.08 bits per heavy atom. The number of anilines is 1. The van der Waals surface area contributed by atoms with Crippen LogP contribution in [0.15, 0.2) is 47.4 Å². The molecule has 2 aromatic rings. The Balaban J connectivity index is 1.55. The van der Waals surface area contributed by atoms with E-state index in [9.17, 15) is 23.1 Å². The summed E-state index contributed by atoms with van der Waals surface area (Å²) < 4.78 is 47.7. The molecule has 5 rings (SSSR count). The van der Waals surface area contributed by atoms with Crippen molar-refractivity contribution in [3.8, 4) is 5.75 Å². The minimum absolute atomic E-state index is 0.0202. The van der Waals surface area contributed by atoms with E-state index in [0.29, 0.717) is 16.9 Å². The highest BCUT2D eigenvalue weighted by atomic mass is 32.2. The summed E-state index contributed by atoms with van der Waals surface area (Å²) in [7, 11) is -4.74. The van der Waals surface area contributed by atoms with Crippen molar-refractivity contribution < 1.29 is 37.2 Å². The fraction of sp³-hybridized carbons (Fsp3) is 0.481. The van der Waals surface area contributed by atoms with E-state index in [-0.39, 0.29) is 36.5 Å². The van der Waals surface area contributed by atoms with Gasteiger partial charge in [0.1, 0.15) is 17.6 Å². The lowest BCUT2D eigenvalue weighted by molar-refractivity contribution is -0.163. The monoisotopic (exact) mass is 541 g/mol. The standard InChI is InChI=1S/C27H32BNO8S/c1-17-7-6-8-21(11-17)38(33,34)29-16-20(15-27(24(31)32)13-19(30)14-27)35-23-10-9-18(12-22(23)29)28-36-25(2,3)26(4,5)37-28/h6-12,20H,13-16H2,1-5H3,(H,31,32)/t20-/m0/s1. The zero-order valence-electron chi connectivity index (χ0n) is 22.2. The Bertz CT molecular complexity index is 1400. The summed E-state index contributed by atoms with van der Waals surface area (Å²) in [6.07, 6.45) is -0.901. The van der Waals surface area contributed by atoms with Gasteiger partial charge in [0.05, 0.1) is 33.7 Å². The first-order valence-electron chi connectivity index (χ1n) is 12.6. The van der Waals surface area contributed by atoms with E-state index in [0.717, 1.165) is 5.56 Å². The Kier molecular flexibility index (Phi) is 6.20.